The molecule has 1 aliphatic rings. The van der Waals surface area contributed by atoms with Crippen LogP contribution in [0, 0.1) is 12.3 Å². The number of furan rings is 1. The Balaban J connectivity index is 1.76. The van der Waals surface area contributed by atoms with Gasteiger partial charge in [0, 0.05) is 25.1 Å². The predicted molar refractivity (Wildman–Crippen MR) is 85.9 cm³/mol. The predicted octanol–water partition coefficient (Wildman–Crippen LogP) is 3.37. The fraction of sp³-hybridized carbons (Fsp3) is 0.500. The second-order valence-electron chi connectivity index (χ2n) is 6.46. The molecule has 1 aliphatic heterocycles. The Morgan fingerprint density at radius 1 is 1.32 bits per heavy atom. The fourth-order valence-corrected chi connectivity index (χ4v) is 3.23. The number of amides is 1. The highest BCUT2D eigenvalue weighted by molar-refractivity contribution is 5.96. The van der Waals surface area contributed by atoms with Gasteiger partial charge in [0.05, 0.1) is 0 Å². The van der Waals surface area contributed by atoms with E-state index in [1.54, 1.807) is 0 Å². The lowest BCUT2D eigenvalue weighted by molar-refractivity contribution is 0.0321. The number of aliphatic hydroxyl groups is 1. The van der Waals surface area contributed by atoms with Crippen LogP contribution in [0.25, 0.3) is 11.0 Å². The third-order valence-corrected chi connectivity index (χ3v) is 5.08. The van der Waals surface area contributed by atoms with Crippen molar-refractivity contribution in [2.75, 3.05) is 19.7 Å². The van der Waals surface area contributed by atoms with Gasteiger partial charge < -0.3 is 14.4 Å². The maximum absolute atomic E-state index is 12.6. The van der Waals surface area contributed by atoms with Crippen LogP contribution in [0.4, 0.5) is 0 Å². The molecule has 1 amide bonds. The van der Waals surface area contributed by atoms with E-state index in [4.69, 9.17) is 4.42 Å². The third-order valence-electron chi connectivity index (χ3n) is 5.08. The molecule has 4 heteroatoms. The maximum Gasteiger partial charge on any atom is 0.289 e. The number of fused-ring (bicyclic) bond motifs is 1. The Morgan fingerprint density at radius 2 is 2.05 bits per heavy atom. The van der Waals surface area contributed by atoms with Crippen LogP contribution < -0.4 is 0 Å². The number of rotatable bonds is 3. The van der Waals surface area contributed by atoms with Crippen LogP contribution in [0.2, 0.25) is 0 Å². The number of hydrogen-bond acceptors (Lipinski definition) is 3. The minimum Gasteiger partial charge on any atom is -0.451 e. The van der Waals surface area contributed by atoms with Crippen LogP contribution in [0.3, 0.4) is 0 Å². The van der Waals surface area contributed by atoms with E-state index in [1.807, 2.05) is 36.1 Å². The molecule has 4 nitrogen and oxygen atoms in total. The molecule has 1 aromatic carbocycles. The molecule has 2 heterocycles. The van der Waals surface area contributed by atoms with Crippen molar-refractivity contribution in [2.24, 2.45) is 5.41 Å². The maximum atomic E-state index is 12.6. The van der Waals surface area contributed by atoms with Crippen LogP contribution in [0.1, 0.15) is 42.3 Å². The quantitative estimate of drug-likeness (QED) is 0.945. The lowest BCUT2D eigenvalue weighted by atomic mass is 9.77. The summed E-state index contributed by atoms with van der Waals surface area (Å²) >= 11 is 0. The normalized spacial score (nSPS) is 17.9. The van der Waals surface area contributed by atoms with E-state index in [9.17, 15) is 9.90 Å². The number of hydrogen-bond donors (Lipinski definition) is 1. The van der Waals surface area contributed by atoms with Gasteiger partial charge in [-0.05, 0) is 49.8 Å². The van der Waals surface area contributed by atoms with E-state index in [1.165, 1.54) is 0 Å². The lowest BCUT2D eigenvalue weighted by Gasteiger charge is -2.39. The van der Waals surface area contributed by atoms with Crippen LogP contribution in [0.15, 0.2) is 28.7 Å². The van der Waals surface area contributed by atoms with Crippen molar-refractivity contribution in [2.45, 2.75) is 33.1 Å². The molecule has 0 spiro atoms. The molecule has 0 aliphatic carbocycles. The van der Waals surface area contributed by atoms with Gasteiger partial charge in [-0.1, -0.05) is 18.6 Å². The first kappa shape index (κ1) is 15.1. The highest BCUT2D eigenvalue weighted by atomic mass is 16.3. The number of piperidine rings is 1. The minimum absolute atomic E-state index is 0.0121. The summed E-state index contributed by atoms with van der Waals surface area (Å²) in [5.41, 5.74) is 1.90. The number of carbonyl (C=O) groups excluding carboxylic acids is 1. The van der Waals surface area contributed by atoms with Gasteiger partial charge in [0.25, 0.3) is 5.91 Å². The van der Waals surface area contributed by atoms with E-state index in [2.05, 4.69) is 6.92 Å². The number of aryl methyl sites for hydroxylation is 1. The summed E-state index contributed by atoms with van der Waals surface area (Å²) in [6.45, 7) is 5.70. The van der Waals surface area contributed by atoms with Crippen molar-refractivity contribution in [3.05, 3.63) is 35.6 Å². The molecule has 0 saturated carbocycles. The van der Waals surface area contributed by atoms with Crippen LogP contribution >= 0.6 is 0 Å². The van der Waals surface area contributed by atoms with Gasteiger partial charge in [0.15, 0.2) is 5.76 Å². The van der Waals surface area contributed by atoms with Gasteiger partial charge in [-0.3, -0.25) is 4.79 Å². The smallest absolute Gasteiger partial charge is 0.289 e. The summed E-state index contributed by atoms with van der Waals surface area (Å²) in [4.78, 5) is 14.5. The Hall–Kier alpha value is -1.81. The largest absolute Gasteiger partial charge is 0.451 e. The second-order valence-corrected chi connectivity index (χ2v) is 6.46. The Kier molecular flexibility index (Phi) is 3.96. The molecule has 1 N–H and O–H groups in total. The zero-order valence-corrected chi connectivity index (χ0v) is 13.3. The average Bonchev–Trinajstić information content (AvgIpc) is 2.97. The highest BCUT2D eigenvalue weighted by Gasteiger charge is 2.34. The lowest BCUT2D eigenvalue weighted by Crippen LogP contribution is -2.44. The first-order valence-electron chi connectivity index (χ1n) is 7.97. The molecule has 0 atom stereocenters. The van der Waals surface area contributed by atoms with Gasteiger partial charge in [-0.2, -0.15) is 0 Å². The SMILES string of the molecule is CCC1(CO)CCN(C(=O)c2cc3cc(C)ccc3o2)CC1. The molecule has 2 aromatic rings. The molecule has 22 heavy (non-hydrogen) atoms. The Bertz CT molecular complexity index is 675. The van der Waals surface area contributed by atoms with Gasteiger partial charge in [0.2, 0.25) is 0 Å². The zero-order chi connectivity index (χ0) is 15.7. The number of carbonyl (C=O) groups is 1. The summed E-state index contributed by atoms with van der Waals surface area (Å²) in [7, 11) is 0. The van der Waals surface area contributed by atoms with Gasteiger partial charge in [0.1, 0.15) is 5.58 Å². The van der Waals surface area contributed by atoms with Crippen LogP contribution in [-0.2, 0) is 0 Å². The highest BCUT2D eigenvalue weighted by Crippen LogP contribution is 2.35. The van der Waals surface area contributed by atoms with E-state index >= 15 is 0 Å². The summed E-state index contributed by atoms with van der Waals surface area (Å²) in [6, 6.07) is 7.75. The fourth-order valence-electron chi connectivity index (χ4n) is 3.23. The minimum atomic E-state index is -0.0449. The topological polar surface area (TPSA) is 53.7 Å². The first-order chi connectivity index (χ1) is 10.6. The molecular formula is C18H23NO3. The monoisotopic (exact) mass is 301 g/mol. The molecule has 118 valence electrons. The Labute approximate surface area is 130 Å². The van der Waals surface area contributed by atoms with Crippen LogP contribution in [0.5, 0.6) is 0 Å². The van der Waals surface area contributed by atoms with E-state index in [-0.39, 0.29) is 17.9 Å². The summed E-state index contributed by atoms with van der Waals surface area (Å²) in [6.07, 6.45) is 2.66. The van der Waals surface area contributed by atoms with Gasteiger partial charge in [-0.25, -0.2) is 0 Å². The van der Waals surface area contributed by atoms with Crippen molar-refractivity contribution >= 4 is 16.9 Å². The van der Waals surface area contributed by atoms with Crippen molar-refractivity contribution in [1.29, 1.82) is 0 Å². The molecule has 1 fully saturated rings. The number of likely N-dealkylation sites (tertiary alicyclic amines) is 1. The summed E-state index contributed by atoms with van der Waals surface area (Å²) < 4.78 is 5.70. The molecule has 0 bridgehead atoms. The van der Waals surface area contributed by atoms with Crippen molar-refractivity contribution in [3.63, 3.8) is 0 Å². The van der Waals surface area contributed by atoms with Gasteiger partial charge in [-0.15, -0.1) is 0 Å². The number of aliphatic hydroxyl groups excluding tert-OH is 1. The molecule has 1 saturated heterocycles. The second kappa shape index (κ2) is 5.76. The molecule has 3 rings (SSSR count). The van der Waals surface area contributed by atoms with Crippen molar-refractivity contribution in [1.82, 2.24) is 4.90 Å². The van der Waals surface area contributed by atoms with E-state index in [0.29, 0.717) is 18.8 Å². The summed E-state index contributed by atoms with van der Waals surface area (Å²) in [5, 5.41) is 10.6. The first-order valence-corrected chi connectivity index (χ1v) is 7.97. The third kappa shape index (κ3) is 2.63. The van der Waals surface area contributed by atoms with Crippen LogP contribution in [-0.4, -0.2) is 35.6 Å². The molecule has 0 unspecified atom stereocenters. The van der Waals surface area contributed by atoms with E-state index < -0.39 is 0 Å². The zero-order valence-electron chi connectivity index (χ0n) is 13.3. The summed E-state index contributed by atoms with van der Waals surface area (Å²) in [5.74, 6) is 0.366. The van der Waals surface area contributed by atoms with E-state index in [0.717, 1.165) is 35.8 Å². The standard InChI is InChI=1S/C18H23NO3/c1-3-18(12-20)6-8-19(9-7-18)17(21)16-11-14-10-13(2)4-5-15(14)22-16/h4-5,10-11,20H,3,6-9,12H2,1-2H3. The van der Waals surface area contributed by atoms with Crippen molar-refractivity contribution in [3.8, 4) is 0 Å². The molecule has 0 radical (unpaired) electrons. The molecular weight excluding hydrogens is 278 g/mol. The average molecular weight is 301 g/mol. The number of benzene rings is 1. The van der Waals surface area contributed by atoms with Gasteiger partial charge >= 0.3 is 0 Å². The van der Waals surface area contributed by atoms with Crippen molar-refractivity contribution < 1.29 is 14.3 Å². The number of nitrogens with zero attached hydrogens (tertiary/aromatic N) is 1. The molecule has 1 aromatic heterocycles. The Morgan fingerprint density at radius 3 is 2.68 bits per heavy atom.